The van der Waals surface area contributed by atoms with Crippen molar-refractivity contribution < 1.29 is 0 Å². The van der Waals surface area contributed by atoms with Crippen LogP contribution >= 0.6 is 11.6 Å². The van der Waals surface area contributed by atoms with Crippen LogP contribution < -0.4 is 11.2 Å². The Morgan fingerprint density at radius 1 is 1.30 bits per heavy atom. The van der Waals surface area contributed by atoms with Gasteiger partial charge in [-0.1, -0.05) is 38.3 Å². The second kappa shape index (κ2) is 5.76. The first-order chi connectivity index (χ1) is 9.34. The number of aromatic nitrogens is 2. The van der Waals surface area contributed by atoms with Crippen molar-refractivity contribution in [1.29, 1.82) is 0 Å². The summed E-state index contributed by atoms with van der Waals surface area (Å²) < 4.78 is 1.34. The van der Waals surface area contributed by atoms with Gasteiger partial charge in [-0.25, -0.2) is 4.79 Å². The van der Waals surface area contributed by atoms with E-state index < -0.39 is 0 Å². The average molecular weight is 299 g/mol. The van der Waals surface area contributed by atoms with E-state index in [2.05, 4.69) is 18.8 Å². The highest BCUT2D eigenvalue weighted by Gasteiger charge is 2.35. The molecule has 1 heterocycles. The zero-order valence-electron chi connectivity index (χ0n) is 12.5. The van der Waals surface area contributed by atoms with Gasteiger partial charge >= 0.3 is 5.69 Å². The first kappa shape index (κ1) is 15.4. The van der Waals surface area contributed by atoms with Crippen LogP contribution in [0.5, 0.6) is 0 Å². The predicted octanol–water partition coefficient (Wildman–Crippen LogP) is 3.10. The molecule has 0 amide bonds. The summed E-state index contributed by atoms with van der Waals surface area (Å²) in [6.45, 7) is 6.55. The number of H-pyrrole nitrogens is 1. The minimum atomic E-state index is -0.388. The lowest BCUT2D eigenvalue weighted by molar-refractivity contribution is 0.191. The van der Waals surface area contributed by atoms with Crippen molar-refractivity contribution in [1.82, 2.24) is 9.55 Å². The molecule has 1 aliphatic carbocycles. The van der Waals surface area contributed by atoms with Crippen molar-refractivity contribution in [2.45, 2.75) is 59.4 Å². The molecule has 1 aliphatic rings. The second-order valence-corrected chi connectivity index (χ2v) is 6.94. The minimum absolute atomic E-state index is 0.0886. The maximum atomic E-state index is 12.3. The number of nitrogens with zero attached hydrogens (tertiary/aromatic N) is 1. The lowest BCUT2D eigenvalue weighted by Crippen LogP contribution is -2.41. The van der Waals surface area contributed by atoms with Crippen LogP contribution in [-0.4, -0.2) is 9.55 Å². The summed E-state index contributed by atoms with van der Waals surface area (Å²) >= 11 is 5.86. The van der Waals surface area contributed by atoms with Gasteiger partial charge in [0, 0.05) is 12.1 Å². The SMILES string of the molecule is Cc1c(Cl)[nH]c(=O)n(CC2(CC(C)C)CCCC2)c1=O. The number of hydrogen-bond acceptors (Lipinski definition) is 2. The Kier molecular flexibility index (Phi) is 4.43. The lowest BCUT2D eigenvalue weighted by atomic mass is 9.78. The summed E-state index contributed by atoms with van der Waals surface area (Å²) in [5.74, 6) is 0.566. The standard InChI is InChI=1S/C15H23ClN2O2/c1-10(2)8-15(6-4-5-7-15)9-18-13(19)11(3)12(16)17-14(18)20/h10H,4-9H2,1-3H3,(H,17,20). The van der Waals surface area contributed by atoms with E-state index in [4.69, 9.17) is 11.6 Å². The van der Waals surface area contributed by atoms with Crippen LogP contribution in [-0.2, 0) is 6.54 Å². The molecule has 20 heavy (non-hydrogen) atoms. The van der Waals surface area contributed by atoms with Crippen molar-refractivity contribution in [3.8, 4) is 0 Å². The van der Waals surface area contributed by atoms with Crippen LogP contribution in [0.25, 0.3) is 0 Å². The Hall–Kier alpha value is -1.03. The molecule has 0 atom stereocenters. The van der Waals surface area contributed by atoms with Crippen LogP contribution in [0.3, 0.4) is 0 Å². The lowest BCUT2D eigenvalue weighted by Gasteiger charge is -2.31. The van der Waals surface area contributed by atoms with E-state index in [-0.39, 0.29) is 21.8 Å². The molecule has 0 bridgehead atoms. The molecule has 0 aliphatic heterocycles. The Bertz CT molecular complexity index is 595. The highest BCUT2D eigenvalue weighted by molar-refractivity contribution is 6.30. The zero-order valence-corrected chi connectivity index (χ0v) is 13.2. The van der Waals surface area contributed by atoms with Crippen molar-refractivity contribution in [2.24, 2.45) is 11.3 Å². The van der Waals surface area contributed by atoms with Crippen LogP contribution in [0.15, 0.2) is 9.59 Å². The molecule has 0 aromatic carbocycles. The molecule has 0 radical (unpaired) electrons. The van der Waals surface area contributed by atoms with E-state index in [0.29, 0.717) is 18.0 Å². The topological polar surface area (TPSA) is 54.9 Å². The Morgan fingerprint density at radius 2 is 1.90 bits per heavy atom. The molecule has 1 fully saturated rings. The third-order valence-electron chi connectivity index (χ3n) is 4.36. The Morgan fingerprint density at radius 3 is 2.45 bits per heavy atom. The summed E-state index contributed by atoms with van der Waals surface area (Å²) in [5, 5.41) is 0.153. The maximum absolute atomic E-state index is 12.3. The molecular formula is C15H23ClN2O2. The van der Waals surface area contributed by atoms with Crippen LogP contribution in [0, 0.1) is 18.3 Å². The Labute approximate surface area is 124 Å². The zero-order chi connectivity index (χ0) is 14.9. The van der Waals surface area contributed by atoms with Gasteiger partial charge in [-0.05, 0) is 37.5 Å². The predicted molar refractivity (Wildman–Crippen MR) is 81.4 cm³/mol. The third-order valence-corrected chi connectivity index (χ3v) is 4.73. The summed E-state index contributed by atoms with van der Waals surface area (Å²) in [4.78, 5) is 26.9. The average Bonchev–Trinajstić information content (AvgIpc) is 2.80. The van der Waals surface area contributed by atoms with Gasteiger partial charge in [-0.2, -0.15) is 0 Å². The number of hydrogen-bond donors (Lipinski definition) is 1. The molecule has 1 aromatic rings. The van der Waals surface area contributed by atoms with E-state index >= 15 is 0 Å². The fourth-order valence-corrected chi connectivity index (χ4v) is 3.70. The van der Waals surface area contributed by atoms with Gasteiger partial charge in [0.05, 0.1) is 0 Å². The fraction of sp³-hybridized carbons (Fsp3) is 0.733. The Balaban J connectivity index is 2.40. The van der Waals surface area contributed by atoms with Gasteiger partial charge in [0.25, 0.3) is 5.56 Å². The normalized spacial score (nSPS) is 17.9. The van der Waals surface area contributed by atoms with Crippen molar-refractivity contribution in [3.05, 3.63) is 31.6 Å². The van der Waals surface area contributed by atoms with Gasteiger partial charge < -0.3 is 0 Å². The molecule has 0 saturated heterocycles. The smallest absolute Gasteiger partial charge is 0.297 e. The highest BCUT2D eigenvalue weighted by atomic mass is 35.5. The molecule has 1 aromatic heterocycles. The molecule has 2 rings (SSSR count). The molecule has 4 nitrogen and oxygen atoms in total. The molecule has 112 valence electrons. The molecular weight excluding hydrogens is 276 g/mol. The third kappa shape index (κ3) is 3.00. The summed E-state index contributed by atoms with van der Waals surface area (Å²) in [5.41, 5.74) is -0.135. The molecule has 5 heteroatoms. The van der Waals surface area contributed by atoms with Gasteiger partial charge in [0.1, 0.15) is 5.15 Å². The van der Waals surface area contributed by atoms with Gasteiger partial charge in [0.2, 0.25) is 0 Å². The van der Waals surface area contributed by atoms with Crippen LogP contribution in [0.2, 0.25) is 5.15 Å². The monoisotopic (exact) mass is 298 g/mol. The molecule has 1 saturated carbocycles. The number of nitrogens with one attached hydrogen (secondary N) is 1. The van der Waals surface area contributed by atoms with Crippen LogP contribution in [0.1, 0.15) is 51.5 Å². The van der Waals surface area contributed by atoms with Gasteiger partial charge in [-0.15, -0.1) is 0 Å². The summed E-state index contributed by atoms with van der Waals surface area (Å²) in [7, 11) is 0. The minimum Gasteiger partial charge on any atom is -0.297 e. The number of halogens is 1. The first-order valence-electron chi connectivity index (χ1n) is 7.34. The molecule has 0 unspecified atom stereocenters. The fourth-order valence-electron chi connectivity index (χ4n) is 3.54. The van der Waals surface area contributed by atoms with Crippen molar-refractivity contribution in [2.75, 3.05) is 0 Å². The van der Waals surface area contributed by atoms with Gasteiger partial charge in [0.15, 0.2) is 0 Å². The van der Waals surface area contributed by atoms with E-state index in [9.17, 15) is 9.59 Å². The molecule has 1 N–H and O–H groups in total. The van der Waals surface area contributed by atoms with E-state index in [1.54, 1.807) is 6.92 Å². The second-order valence-electron chi connectivity index (χ2n) is 6.57. The van der Waals surface area contributed by atoms with Gasteiger partial charge in [-0.3, -0.25) is 14.3 Å². The summed E-state index contributed by atoms with van der Waals surface area (Å²) in [6, 6.07) is 0. The number of rotatable bonds is 4. The van der Waals surface area contributed by atoms with Crippen molar-refractivity contribution in [3.63, 3.8) is 0 Å². The van der Waals surface area contributed by atoms with Crippen molar-refractivity contribution >= 4 is 11.6 Å². The summed E-state index contributed by atoms with van der Waals surface area (Å²) in [6.07, 6.45) is 5.62. The molecule has 0 spiro atoms. The largest absolute Gasteiger partial charge is 0.329 e. The first-order valence-corrected chi connectivity index (χ1v) is 7.72. The highest BCUT2D eigenvalue weighted by Crippen LogP contribution is 2.44. The van der Waals surface area contributed by atoms with Crippen LogP contribution in [0.4, 0.5) is 0 Å². The van der Waals surface area contributed by atoms with E-state index in [1.807, 2.05) is 0 Å². The van der Waals surface area contributed by atoms with E-state index in [0.717, 1.165) is 19.3 Å². The quantitative estimate of drug-likeness (QED) is 0.868. The van der Waals surface area contributed by atoms with E-state index in [1.165, 1.54) is 17.4 Å². The maximum Gasteiger partial charge on any atom is 0.329 e. The number of aromatic amines is 1.